The Kier molecular flexibility index (Phi) is 3.18. The van der Waals surface area contributed by atoms with Crippen molar-refractivity contribution >= 4 is 5.97 Å². The van der Waals surface area contributed by atoms with E-state index >= 15 is 0 Å². The molecular formula is C5H3F6O2. The molecule has 1 radical (unpaired) electrons. The Labute approximate surface area is 68.5 Å². The van der Waals surface area contributed by atoms with Crippen LogP contribution in [0.1, 0.15) is 0 Å². The summed E-state index contributed by atoms with van der Waals surface area (Å²) in [6.45, 7) is 2.18. The molecule has 0 aliphatic carbocycles. The summed E-state index contributed by atoms with van der Waals surface area (Å²) >= 11 is 0. The van der Waals surface area contributed by atoms with Crippen molar-refractivity contribution in [3.05, 3.63) is 6.92 Å². The maximum absolute atomic E-state index is 12.3. The Bertz CT molecular complexity index is 200. The van der Waals surface area contributed by atoms with Crippen molar-refractivity contribution in [3.63, 3.8) is 0 Å². The van der Waals surface area contributed by atoms with Gasteiger partial charge in [0.2, 0.25) is 0 Å². The van der Waals surface area contributed by atoms with Crippen molar-refractivity contribution in [3.8, 4) is 0 Å². The van der Waals surface area contributed by atoms with Gasteiger partial charge in [0.05, 0.1) is 6.92 Å². The summed E-state index contributed by atoms with van der Waals surface area (Å²) in [5.74, 6) is -7.31. The van der Waals surface area contributed by atoms with Gasteiger partial charge >= 0.3 is 24.4 Å². The van der Waals surface area contributed by atoms with Crippen LogP contribution in [0.3, 0.4) is 0 Å². The third-order valence-electron chi connectivity index (χ3n) is 0.930. The van der Waals surface area contributed by atoms with Gasteiger partial charge in [-0.1, -0.05) is 0 Å². The molecule has 77 valence electrons. The molecule has 0 aromatic rings. The molecule has 13 heavy (non-hydrogen) atoms. The predicted molar refractivity (Wildman–Crippen MR) is 27.3 cm³/mol. The highest BCUT2D eigenvalue weighted by Crippen LogP contribution is 2.39. The number of halogens is 6. The lowest BCUT2D eigenvalue weighted by molar-refractivity contribution is -0.354. The normalized spacial score (nSPS) is 16.9. The standard InChI is InChI=1S/C5H3F6O2/c1-2(12)13-4(8,3(6)7)5(9,10)11/h3H,1H2. The zero-order valence-corrected chi connectivity index (χ0v) is 5.87. The molecule has 0 saturated carbocycles. The van der Waals surface area contributed by atoms with Gasteiger partial charge in [-0.2, -0.15) is 17.6 Å². The van der Waals surface area contributed by atoms with Crippen LogP contribution >= 0.6 is 0 Å². The molecular weight excluding hydrogens is 206 g/mol. The van der Waals surface area contributed by atoms with Gasteiger partial charge < -0.3 is 4.74 Å². The van der Waals surface area contributed by atoms with Gasteiger partial charge in [0, 0.05) is 0 Å². The van der Waals surface area contributed by atoms with Gasteiger partial charge in [-0.05, 0) is 0 Å². The van der Waals surface area contributed by atoms with Crippen LogP contribution in [0.25, 0.3) is 0 Å². The quantitative estimate of drug-likeness (QED) is 0.512. The molecule has 0 spiro atoms. The predicted octanol–water partition coefficient (Wildman–Crippen LogP) is 1.86. The lowest BCUT2D eigenvalue weighted by Gasteiger charge is -2.25. The number of hydrogen-bond acceptors (Lipinski definition) is 2. The van der Waals surface area contributed by atoms with Crippen LogP contribution in [0.15, 0.2) is 0 Å². The van der Waals surface area contributed by atoms with E-state index in [4.69, 9.17) is 0 Å². The van der Waals surface area contributed by atoms with Gasteiger partial charge in [0.15, 0.2) is 0 Å². The van der Waals surface area contributed by atoms with Crippen LogP contribution in [0, 0.1) is 6.92 Å². The summed E-state index contributed by atoms with van der Waals surface area (Å²) in [5.41, 5.74) is 0. The molecule has 1 unspecified atom stereocenters. The van der Waals surface area contributed by atoms with Crippen molar-refractivity contribution < 1.29 is 35.9 Å². The molecule has 0 aromatic heterocycles. The average molecular weight is 209 g/mol. The van der Waals surface area contributed by atoms with E-state index in [0.29, 0.717) is 0 Å². The van der Waals surface area contributed by atoms with E-state index in [2.05, 4.69) is 11.7 Å². The van der Waals surface area contributed by atoms with Gasteiger partial charge in [0.25, 0.3) is 0 Å². The second-order valence-corrected chi connectivity index (χ2v) is 1.92. The monoisotopic (exact) mass is 209 g/mol. The number of esters is 1. The van der Waals surface area contributed by atoms with E-state index in [1.807, 2.05) is 0 Å². The van der Waals surface area contributed by atoms with Crippen LogP contribution in [-0.2, 0) is 9.53 Å². The summed E-state index contributed by atoms with van der Waals surface area (Å²) in [6, 6.07) is 0. The highest BCUT2D eigenvalue weighted by Gasteiger charge is 2.66. The van der Waals surface area contributed by atoms with Crippen molar-refractivity contribution in [1.29, 1.82) is 0 Å². The molecule has 0 amide bonds. The summed E-state index contributed by atoms with van der Waals surface area (Å²) in [4.78, 5) is 9.80. The number of carbonyl (C=O) groups excluding carboxylic acids is 1. The first-order chi connectivity index (χ1) is 5.61. The molecule has 0 heterocycles. The first-order valence-electron chi connectivity index (χ1n) is 2.70. The van der Waals surface area contributed by atoms with Crippen molar-refractivity contribution in [2.24, 2.45) is 0 Å². The second kappa shape index (κ2) is 3.43. The Balaban J connectivity index is 4.85. The SMILES string of the molecule is [CH2]C(=O)OC(F)(C(F)F)C(F)(F)F. The Morgan fingerprint density at radius 2 is 1.62 bits per heavy atom. The average Bonchev–Trinajstić information content (AvgIpc) is 1.82. The summed E-state index contributed by atoms with van der Waals surface area (Å²) in [7, 11) is 0. The summed E-state index contributed by atoms with van der Waals surface area (Å²) < 4.78 is 72.8. The Hall–Kier alpha value is -0.950. The lowest BCUT2D eigenvalue weighted by Crippen LogP contribution is -2.50. The molecule has 0 aliphatic rings. The number of hydrogen-bond donors (Lipinski definition) is 0. The van der Waals surface area contributed by atoms with E-state index in [0.717, 1.165) is 0 Å². The van der Waals surface area contributed by atoms with E-state index < -0.39 is 24.4 Å². The molecule has 0 aromatic carbocycles. The first-order valence-corrected chi connectivity index (χ1v) is 2.70. The van der Waals surface area contributed by atoms with Crippen molar-refractivity contribution in [1.82, 2.24) is 0 Å². The highest BCUT2D eigenvalue weighted by molar-refractivity contribution is 5.74. The molecule has 8 heteroatoms. The lowest BCUT2D eigenvalue weighted by atomic mass is 10.3. The minimum Gasteiger partial charge on any atom is -0.415 e. The van der Waals surface area contributed by atoms with Crippen molar-refractivity contribution in [2.75, 3.05) is 0 Å². The first kappa shape index (κ1) is 12.0. The molecule has 0 aliphatic heterocycles. The van der Waals surface area contributed by atoms with Gasteiger partial charge in [-0.25, -0.2) is 8.78 Å². The van der Waals surface area contributed by atoms with Gasteiger partial charge in [0.1, 0.15) is 0 Å². The van der Waals surface area contributed by atoms with E-state index in [1.54, 1.807) is 0 Å². The van der Waals surface area contributed by atoms with E-state index in [1.165, 1.54) is 0 Å². The second-order valence-electron chi connectivity index (χ2n) is 1.92. The zero-order valence-electron chi connectivity index (χ0n) is 5.87. The van der Waals surface area contributed by atoms with Crippen LogP contribution in [0.4, 0.5) is 26.3 Å². The Morgan fingerprint density at radius 3 is 1.69 bits per heavy atom. The zero-order chi connectivity index (χ0) is 10.9. The minimum absolute atomic E-state index is 2.03. The molecule has 0 saturated heterocycles. The fraction of sp³-hybridized carbons (Fsp3) is 0.600. The molecule has 1 atom stereocenters. The number of alkyl halides is 6. The van der Waals surface area contributed by atoms with Gasteiger partial charge in [-0.3, -0.25) is 4.79 Å². The fourth-order valence-electron chi connectivity index (χ4n) is 0.392. The molecule has 2 nitrogen and oxygen atoms in total. The highest BCUT2D eigenvalue weighted by atomic mass is 19.4. The van der Waals surface area contributed by atoms with Gasteiger partial charge in [-0.15, -0.1) is 0 Å². The molecule has 0 bridgehead atoms. The maximum atomic E-state index is 12.3. The molecule has 0 N–H and O–H groups in total. The van der Waals surface area contributed by atoms with E-state index in [9.17, 15) is 31.1 Å². The number of carbonyl (C=O) groups is 1. The number of ether oxygens (including phenoxy) is 1. The number of rotatable bonds is 2. The summed E-state index contributed by atoms with van der Waals surface area (Å²) in [6.07, 6.45) is -10.5. The van der Waals surface area contributed by atoms with Crippen LogP contribution in [0.5, 0.6) is 0 Å². The minimum atomic E-state index is -5.99. The molecule has 0 fully saturated rings. The van der Waals surface area contributed by atoms with Crippen LogP contribution in [0.2, 0.25) is 0 Å². The van der Waals surface area contributed by atoms with Crippen LogP contribution < -0.4 is 0 Å². The van der Waals surface area contributed by atoms with Crippen molar-refractivity contribution in [2.45, 2.75) is 18.5 Å². The van der Waals surface area contributed by atoms with E-state index in [-0.39, 0.29) is 0 Å². The Morgan fingerprint density at radius 1 is 1.23 bits per heavy atom. The van der Waals surface area contributed by atoms with Crippen LogP contribution in [-0.4, -0.2) is 24.4 Å². The largest absolute Gasteiger partial charge is 0.466 e. The third-order valence-corrected chi connectivity index (χ3v) is 0.930. The third kappa shape index (κ3) is 2.49. The summed E-state index contributed by atoms with van der Waals surface area (Å²) in [5, 5.41) is 0. The smallest absolute Gasteiger partial charge is 0.415 e. The maximum Gasteiger partial charge on any atom is 0.466 e. The fourth-order valence-corrected chi connectivity index (χ4v) is 0.392. The topological polar surface area (TPSA) is 26.3 Å². The molecule has 0 rings (SSSR count).